The first-order chi connectivity index (χ1) is 7.58. The molecule has 0 unspecified atom stereocenters. The van der Waals surface area contributed by atoms with E-state index in [9.17, 15) is 4.79 Å². The van der Waals surface area contributed by atoms with E-state index < -0.39 is 0 Å². The molecule has 0 aliphatic rings. The largest absolute Gasteiger partial charge is 0.362 e. The van der Waals surface area contributed by atoms with Crippen molar-refractivity contribution < 1.29 is 0 Å². The molecule has 0 aliphatic heterocycles. The lowest BCUT2D eigenvalue weighted by molar-refractivity contribution is 0.443. The number of hydrogen-bond acceptors (Lipinski definition) is 4. The molecule has 1 aromatic rings. The van der Waals surface area contributed by atoms with Gasteiger partial charge in [0.2, 0.25) is 0 Å². The fraction of sp³-hybridized carbons (Fsp3) is 0.600. The molecule has 0 aromatic carbocycles. The highest BCUT2D eigenvalue weighted by molar-refractivity contribution is 9.10. The number of hydrogen-bond donors (Lipinski definition) is 3. The van der Waals surface area contributed by atoms with Crippen LogP contribution in [0, 0.1) is 0 Å². The van der Waals surface area contributed by atoms with Crippen molar-refractivity contribution in [1.29, 1.82) is 0 Å². The summed E-state index contributed by atoms with van der Waals surface area (Å²) in [5.41, 5.74) is 5.37. The van der Waals surface area contributed by atoms with Crippen LogP contribution in [-0.2, 0) is 0 Å². The van der Waals surface area contributed by atoms with E-state index in [4.69, 9.17) is 5.73 Å². The summed E-state index contributed by atoms with van der Waals surface area (Å²) < 4.78 is 0.412. The van der Waals surface area contributed by atoms with Crippen molar-refractivity contribution in [1.82, 2.24) is 9.97 Å². The number of anilines is 1. The standard InChI is InChI=1S/C10H17BrN4O/c1-3-10(4-2,5-12)15-8-7(11)9(16)14-6-13-8/h6H,3-5,12H2,1-2H3,(H2,13,14,15,16). The molecule has 1 heterocycles. The second kappa shape index (κ2) is 5.45. The average Bonchev–Trinajstić information content (AvgIpc) is 2.32. The van der Waals surface area contributed by atoms with Gasteiger partial charge in [-0.2, -0.15) is 0 Å². The molecule has 4 N–H and O–H groups in total. The fourth-order valence-electron chi connectivity index (χ4n) is 1.49. The number of nitrogens with one attached hydrogen (secondary N) is 2. The maximum Gasteiger partial charge on any atom is 0.267 e. The van der Waals surface area contributed by atoms with Gasteiger partial charge in [-0.25, -0.2) is 4.98 Å². The van der Waals surface area contributed by atoms with Gasteiger partial charge in [-0.3, -0.25) is 4.79 Å². The van der Waals surface area contributed by atoms with Crippen molar-refractivity contribution in [3.63, 3.8) is 0 Å². The van der Waals surface area contributed by atoms with Gasteiger partial charge in [0.1, 0.15) is 10.3 Å². The van der Waals surface area contributed by atoms with Crippen LogP contribution < -0.4 is 16.6 Å². The van der Waals surface area contributed by atoms with Crippen molar-refractivity contribution in [3.05, 3.63) is 21.2 Å². The summed E-state index contributed by atoms with van der Waals surface area (Å²) in [5.74, 6) is 0.540. The van der Waals surface area contributed by atoms with E-state index in [-0.39, 0.29) is 11.1 Å². The molecule has 0 amide bonds. The van der Waals surface area contributed by atoms with Crippen LogP contribution >= 0.6 is 15.9 Å². The average molecular weight is 289 g/mol. The lowest BCUT2D eigenvalue weighted by atomic mass is 9.93. The maximum absolute atomic E-state index is 11.4. The molecule has 0 aliphatic carbocycles. The molecule has 5 nitrogen and oxygen atoms in total. The van der Waals surface area contributed by atoms with E-state index in [0.29, 0.717) is 16.8 Å². The molecule has 0 spiro atoms. The van der Waals surface area contributed by atoms with E-state index in [0.717, 1.165) is 12.8 Å². The second-order valence-corrected chi connectivity index (χ2v) is 4.50. The Bertz CT molecular complexity index is 392. The molecule has 6 heteroatoms. The molecule has 90 valence electrons. The predicted molar refractivity (Wildman–Crippen MR) is 68.5 cm³/mol. The quantitative estimate of drug-likeness (QED) is 0.766. The van der Waals surface area contributed by atoms with Gasteiger partial charge in [0, 0.05) is 6.54 Å². The third kappa shape index (κ3) is 2.62. The SMILES string of the molecule is CCC(CC)(CN)Nc1nc[nH]c(=O)c1Br. The van der Waals surface area contributed by atoms with Crippen LogP contribution in [0.15, 0.2) is 15.6 Å². The number of rotatable bonds is 5. The van der Waals surface area contributed by atoms with Crippen LogP contribution in [0.25, 0.3) is 0 Å². The number of aromatic amines is 1. The van der Waals surface area contributed by atoms with Crippen LogP contribution in [0.2, 0.25) is 0 Å². The molecule has 16 heavy (non-hydrogen) atoms. The summed E-state index contributed by atoms with van der Waals surface area (Å²) in [6, 6.07) is 0. The van der Waals surface area contributed by atoms with Gasteiger partial charge < -0.3 is 16.0 Å². The van der Waals surface area contributed by atoms with Crippen LogP contribution in [0.4, 0.5) is 5.82 Å². The zero-order chi connectivity index (χ0) is 12.2. The summed E-state index contributed by atoms with van der Waals surface area (Å²) in [4.78, 5) is 18.0. The second-order valence-electron chi connectivity index (χ2n) is 3.71. The molecular weight excluding hydrogens is 272 g/mol. The Hall–Kier alpha value is -0.880. The summed E-state index contributed by atoms with van der Waals surface area (Å²) in [6.45, 7) is 4.62. The van der Waals surface area contributed by atoms with Crippen LogP contribution in [0.5, 0.6) is 0 Å². The number of nitrogens with zero attached hydrogens (tertiary/aromatic N) is 1. The number of nitrogens with two attached hydrogens (primary N) is 1. The van der Waals surface area contributed by atoms with E-state index in [1.54, 1.807) is 0 Å². The first-order valence-corrected chi connectivity index (χ1v) is 6.09. The van der Waals surface area contributed by atoms with Crippen LogP contribution in [0.3, 0.4) is 0 Å². The third-order valence-corrected chi connectivity index (χ3v) is 3.66. The molecule has 0 saturated carbocycles. The Labute approximate surface area is 103 Å². The summed E-state index contributed by atoms with van der Waals surface area (Å²) in [6.07, 6.45) is 3.13. The first-order valence-electron chi connectivity index (χ1n) is 5.30. The van der Waals surface area contributed by atoms with Crippen LogP contribution in [0.1, 0.15) is 26.7 Å². The predicted octanol–water partition coefficient (Wildman–Crippen LogP) is 1.46. The molecular formula is C10H17BrN4O. The smallest absolute Gasteiger partial charge is 0.267 e. The number of aromatic nitrogens is 2. The summed E-state index contributed by atoms with van der Waals surface area (Å²) in [5, 5.41) is 3.25. The Morgan fingerprint density at radius 2 is 2.19 bits per heavy atom. The zero-order valence-corrected chi connectivity index (χ0v) is 11.1. The molecule has 0 fully saturated rings. The normalized spacial score (nSPS) is 11.5. The van der Waals surface area contributed by atoms with Gasteiger partial charge >= 0.3 is 0 Å². The highest BCUT2D eigenvalue weighted by atomic mass is 79.9. The van der Waals surface area contributed by atoms with E-state index in [2.05, 4.69) is 45.1 Å². The summed E-state index contributed by atoms with van der Waals surface area (Å²) in [7, 11) is 0. The van der Waals surface area contributed by atoms with E-state index >= 15 is 0 Å². The topological polar surface area (TPSA) is 83.8 Å². The monoisotopic (exact) mass is 288 g/mol. The molecule has 0 atom stereocenters. The highest BCUT2D eigenvalue weighted by Crippen LogP contribution is 2.23. The Balaban J connectivity index is 3.03. The summed E-state index contributed by atoms with van der Waals surface area (Å²) >= 11 is 3.21. The van der Waals surface area contributed by atoms with Crippen molar-refractivity contribution >= 4 is 21.7 Å². The van der Waals surface area contributed by atoms with Gasteiger partial charge in [0.25, 0.3) is 5.56 Å². The van der Waals surface area contributed by atoms with Crippen molar-refractivity contribution in [2.75, 3.05) is 11.9 Å². The Morgan fingerprint density at radius 3 is 2.69 bits per heavy atom. The highest BCUT2D eigenvalue weighted by Gasteiger charge is 2.25. The lowest BCUT2D eigenvalue weighted by Gasteiger charge is -2.32. The zero-order valence-electron chi connectivity index (χ0n) is 9.51. The van der Waals surface area contributed by atoms with Gasteiger partial charge in [0.05, 0.1) is 11.9 Å². The minimum absolute atomic E-state index is 0.198. The molecule has 0 radical (unpaired) electrons. The van der Waals surface area contributed by atoms with Gasteiger partial charge in [0.15, 0.2) is 0 Å². The van der Waals surface area contributed by atoms with Gasteiger partial charge in [-0.15, -0.1) is 0 Å². The first kappa shape index (κ1) is 13.2. The number of H-pyrrole nitrogens is 1. The molecule has 0 saturated heterocycles. The number of halogens is 1. The minimum Gasteiger partial charge on any atom is -0.362 e. The van der Waals surface area contributed by atoms with Crippen molar-refractivity contribution in [3.8, 4) is 0 Å². The Kier molecular flexibility index (Phi) is 4.49. The van der Waals surface area contributed by atoms with Gasteiger partial charge in [-0.1, -0.05) is 13.8 Å². The lowest BCUT2D eigenvalue weighted by Crippen LogP contribution is -2.45. The Morgan fingerprint density at radius 1 is 1.56 bits per heavy atom. The van der Waals surface area contributed by atoms with E-state index in [1.165, 1.54) is 6.33 Å². The fourth-order valence-corrected chi connectivity index (χ4v) is 1.80. The van der Waals surface area contributed by atoms with Crippen molar-refractivity contribution in [2.24, 2.45) is 5.73 Å². The third-order valence-electron chi connectivity index (χ3n) is 2.92. The van der Waals surface area contributed by atoms with Gasteiger partial charge in [-0.05, 0) is 28.8 Å². The molecule has 0 bridgehead atoms. The minimum atomic E-state index is -0.205. The van der Waals surface area contributed by atoms with Crippen molar-refractivity contribution in [2.45, 2.75) is 32.2 Å². The molecule has 1 rings (SSSR count). The van der Waals surface area contributed by atoms with E-state index in [1.807, 2.05) is 0 Å². The van der Waals surface area contributed by atoms with Crippen LogP contribution in [-0.4, -0.2) is 22.1 Å². The molecule has 1 aromatic heterocycles. The maximum atomic E-state index is 11.4.